The topological polar surface area (TPSA) is 51.2 Å². The van der Waals surface area contributed by atoms with Crippen molar-refractivity contribution >= 4 is 23.1 Å². The van der Waals surface area contributed by atoms with E-state index in [9.17, 15) is 4.79 Å². The lowest BCUT2D eigenvalue weighted by atomic mass is 9.84. The van der Waals surface area contributed by atoms with Gasteiger partial charge in [-0.05, 0) is 34.8 Å². The maximum atomic E-state index is 12.0. The van der Waals surface area contributed by atoms with E-state index >= 15 is 0 Å². The van der Waals surface area contributed by atoms with Gasteiger partial charge in [-0.25, -0.2) is 0 Å². The molecule has 0 aromatic heterocycles. The normalized spacial score (nSPS) is 12.5. The van der Waals surface area contributed by atoms with Gasteiger partial charge in [-0.1, -0.05) is 61.2 Å². The van der Waals surface area contributed by atoms with Crippen molar-refractivity contribution in [1.82, 2.24) is 0 Å². The third-order valence-electron chi connectivity index (χ3n) is 3.44. The lowest BCUT2D eigenvalue weighted by Gasteiger charge is -2.18. The van der Waals surface area contributed by atoms with Crippen molar-refractivity contribution in [2.45, 2.75) is 6.42 Å². The van der Waals surface area contributed by atoms with Gasteiger partial charge in [0.05, 0.1) is 0 Å². The van der Waals surface area contributed by atoms with Crippen molar-refractivity contribution in [1.29, 1.82) is 0 Å². The summed E-state index contributed by atoms with van der Waals surface area (Å²) in [6, 6.07) is 18.2. The van der Waals surface area contributed by atoms with E-state index in [-0.39, 0.29) is 11.9 Å². The Morgan fingerprint density at radius 3 is 2.05 bits per heavy atom. The molecule has 0 N–H and O–H groups in total. The number of benzene rings is 2. The molecule has 0 fully saturated rings. The van der Waals surface area contributed by atoms with Gasteiger partial charge in [0, 0.05) is 5.57 Å². The summed E-state index contributed by atoms with van der Waals surface area (Å²) in [7, 11) is 0. The molecule has 0 saturated carbocycles. The fourth-order valence-electron chi connectivity index (χ4n) is 2.44. The zero-order valence-corrected chi connectivity index (χ0v) is 11.9. The van der Waals surface area contributed by atoms with Crippen molar-refractivity contribution < 1.29 is 14.4 Å². The molecule has 0 unspecified atom stereocenters. The second-order valence-electron chi connectivity index (χ2n) is 4.80. The van der Waals surface area contributed by atoms with Crippen LogP contribution in [0.4, 0.5) is 0 Å². The molecule has 0 atom stereocenters. The van der Waals surface area contributed by atoms with Crippen molar-refractivity contribution in [3.63, 3.8) is 0 Å². The first-order valence-corrected chi connectivity index (χ1v) is 6.74. The molecule has 0 radical (unpaired) electrons. The summed E-state index contributed by atoms with van der Waals surface area (Å²) in [6.07, 6.45) is 2.74. The molecule has 22 heavy (non-hydrogen) atoms. The summed E-state index contributed by atoms with van der Waals surface area (Å²) in [6.45, 7) is 3.88. The molecule has 0 bridgehead atoms. The Balaban J connectivity index is 0.000000545. The second kappa shape index (κ2) is 7.11. The molecule has 1 aliphatic rings. The molecule has 2 aromatic carbocycles. The zero-order valence-electron chi connectivity index (χ0n) is 11.9. The summed E-state index contributed by atoms with van der Waals surface area (Å²) < 4.78 is 0. The number of carbonyl (C=O) groups is 1. The predicted octanol–water partition coefficient (Wildman–Crippen LogP) is 3.33. The first-order valence-electron chi connectivity index (χ1n) is 6.74. The van der Waals surface area contributed by atoms with Gasteiger partial charge in [-0.2, -0.15) is 9.59 Å². The van der Waals surface area contributed by atoms with E-state index in [4.69, 9.17) is 9.59 Å². The van der Waals surface area contributed by atoms with Crippen LogP contribution < -0.4 is 0 Å². The second-order valence-corrected chi connectivity index (χ2v) is 4.80. The van der Waals surface area contributed by atoms with E-state index in [0.29, 0.717) is 5.57 Å². The maximum Gasteiger partial charge on any atom is 0.373 e. The first kappa shape index (κ1) is 15.4. The third kappa shape index (κ3) is 3.35. The summed E-state index contributed by atoms with van der Waals surface area (Å²) in [5.41, 5.74) is 4.95. The highest BCUT2D eigenvalue weighted by Gasteiger charge is 2.20. The SMILES string of the molecule is C=C1C(=O)C=C(Cc2ccccc2)c2ccccc21.O=C=O. The summed E-state index contributed by atoms with van der Waals surface area (Å²) in [5.74, 6) is 0.0182. The molecular weight excluding hydrogens is 276 g/mol. The van der Waals surface area contributed by atoms with Crippen LogP contribution in [0.1, 0.15) is 16.7 Å². The first-order chi connectivity index (χ1) is 10.7. The average Bonchev–Trinajstić information content (AvgIpc) is 2.54. The third-order valence-corrected chi connectivity index (χ3v) is 3.44. The zero-order chi connectivity index (χ0) is 15.9. The van der Waals surface area contributed by atoms with Gasteiger partial charge in [0.1, 0.15) is 0 Å². The van der Waals surface area contributed by atoms with Crippen molar-refractivity contribution in [3.05, 3.63) is 83.9 Å². The highest BCUT2D eigenvalue weighted by Crippen LogP contribution is 2.32. The Kier molecular flexibility index (Phi) is 4.97. The Hall–Kier alpha value is -3.03. The Morgan fingerprint density at radius 2 is 1.41 bits per heavy atom. The fraction of sp³-hybridized carbons (Fsp3) is 0.0526. The van der Waals surface area contributed by atoms with E-state index < -0.39 is 0 Å². The molecule has 0 saturated heterocycles. The predicted molar refractivity (Wildman–Crippen MR) is 83.6 cm³/mol. The molecule has 0 amide bonds. The van der Waals surface area contributed by atoms with E-state index in [1.165, 1.54) is 5.56 Å². The number of hydrogen-bond acceptors (Lipinski definition) is 3. The van der Waals surface area contributed by atoms with Crippen LogP contribution in [0.5, 0.6) is 0 Å². The van der Waals surface area contributed by atoms with Gasteiger partial charge >= 0.3 is 6.15 Å². The van der Waals surface area contributed by atoms with E-state index in [1.54, 1.807) is 6.08 Å². The minimum Gasteiger partial charge on any atom is -0.289 e. The standard InChI is InChI=1S/C18H14O.CO2/c1-13-16-9-5-6-10-17(16)15(12-18(13)19)11-14-7-3-2-4-8-14;2-1-3/h2-10,12H,1,11H2;. The van der Waals surface area contributed by atoms with Gasteiger partial charge in [0.25, 0.3) is 0 Å². The van der Waals surface area contributed by atoms with Crippen molar-refractivity contribution in [2.24, 2.45) is 0 Å². The van der Waals surface area contributed by atoms with Crippen LogP contribution in [0.25, 0.3) is 11.1 Å². The van der Waals surface area contributed by atoms with Crippen LogP contribution in [-0.4, -0.2) is 11.9 Å². The maximum absolute atomic E-state index is 12.0. The highest BCUT2D eigenvalue weighted by molar-refractivity contribution is 6.30. The van der Waals surface area contributed by atoms with Crippen LogP contribution >= 0.6 is 0 Å². The smallest absolute Gasteiger partial charge is 0.289 e. The number of hydrogen-bond donors (Lipinski definition) is 0. The Labute approximate surface area is 128 Å². The Bertz CT molecular complexity index is 764. The van der Waals surface area contributed by atoms with Crippen LogP contribution in [0.3, 0.4) is 0 Å². The highest BCUT2D eigenvalue weighted by atomic mass is 16.2. The molecule has 1 aliphatic carbocycles. The molecule has 3 nitrogen and oxygen atoms in total. The Morgan fingerprint density at radius 1 is 0.864 bits per heavy atom. The largest absolute Gasteiger partial charge is 0.373 e. The van der Waals surface area contributed by atoms with E-state index in [1.807, 2.05) is 36.4 Å². The minimum atomic E-state index is 0.0182. The monoisotopic (exact) mass is 290 g/mol. The number of allylic oxidation sites excluding steroid dienone is 3. The number of rotatable bonds is 2. The van der Waals surface area contributed by atoms with Gasteiger partial charge < -0.3 is 0 Å². The molecule has 3 rings (SSSR count). The average molecular weight is 290 g/mol. The van der Waals surface area contributed by atoms with Crippen molar-refractivity contribution in [2.75, 3.05) is 0 Å². The van der Waals surface area contributed by atoms with E-state index in [0.717, 1.165) is 23.1 Å². The summed E-state index contributed by atoms with van der Waals surface area (Å²) in [4.78, 5) is 28.2. The van der Waals surface area contributed by atoms with Crippen LogP contribution in [0.2, 0.25) is 0 Å². The van der Waals surface area contributed by atoms with Gasteiger partial charge in [0.2, 0.25) is 0 Å². The molecule has 108 valence electrons. The number of ketones is 1. The van der Waals surface area contributed by atoms with Gasteiger partial charge in [-0.3, -0.25) is 4.79 Å². The molecular formula is C19H14O3. The lowest BCUT2D eigenvalue weighted by molar-refractivity contribution is -0.191. The lowest BCUT2D eigenvalue weighted by Crippen LogP contribution is -2.08. The van der Waals surface area contributed by atoms with Gasteiger partial charge in [0.15, 0.2) is 5.78 Å². The molecule has 0 spiro atoms. The minimum absolute atomic E-state index is 0.0182. The fourth-order valence-corrected chi connectivity index (χ4v) is 2.44. The van der Waals surface area contributed by atoms with Crippen LogP contribution in [-0.2, 0) is 20.8 Å². The van der Waals surface area contributed by atoms with Gasteiger partial charge in [-0.15, -0.1) is 0 Å². The number of fused-ring (bicyclic) bond motifs is 1. The molecule has 3 heteroatoms. The molecule has 0 aliphatic heterocycles. The van der Waals surface area contributed by atoms with Crippen LogP contribution in [0, 0.1) is 0 Å². The summed E-state index contributed by atoms with van der Waals surface area (Å²) >= 11 is 0. The van der Waals surface area contributed by atoms with Crippen molar-refractivity contribution in [3.8, 4) is 0 Å². The molecule has 0 heterocycles. The summed E-state index contributed by atoms with van der Waals surface area (Å²) in [5, 5.41) is 0. The number of carbonyl (C=O) groups excluding carboxylic acids is 3. The molecule has 2 aromatic rings. The quantitative estimate of drug-likeness (QED) is 0.797. The van der Waals surface area contributed by atoms with Crippen LogP contribution in [0.15, 0.2) is 67.3 Å². The van der Waals surface area contributed by atoms with E-state index in [2.05, 4.69) is 24.8 Å².